The maximum atomic E-state index is 12.0. The fourth-order valence-corrected chi connectivity index (χ4v) is 2.51. The molecule has 0 unspecified atom stereocenters. The second-order valence-corrected chi connectivity index (χ2v) is 6.51. The average molecular weight is 402 g/mol. The molecule has 0 aromatic heterocycles. The van der Waals surface area contributed by atoms with Crippen LogP contribution in [0.2, 0.25) is 10.0 Å². The van der Waals surface area contributed by atoms with Crippen molar-refractivity contribution in [3.63, 3.8) is 0 Å². The van der Waals surface area contributed by atoms with Crippen molar-refractivity contribution in [1.82, 2.24) is 10.2 Å². The second-order valence-electron chi connectivity index (χ2n) is 5.69. The molecule has 2 N–H and O–H groups in total. The first-order valence-electron chi connectivity index (χ1n) is 7.71. The lowest BCUT2D eigenvalue weighted by atomic mass is 10.2. The number of benzene rings is 1. The molecule has 140 valence electrons. The first kappa shape index (κ1) is 20.0. The van der Waals surface area contributed by atoms with Crippen LogP contribution >= 0.6 is 23.2 Å². The molecule has 3 amide bonds. The normalized spacial score (nSPS) is 16.0. The third kappa shape index (κ3) is 5.60. The second kappa shape index (κ2) is 8.86. The van der Waals surface area contributed by atoms with Crippen LogP contribution in [0, 0.1) is 0 Å². The summed E-state index contributed by atoms with van der Waals surface area (Å²) in [6.07, 6.45) is 0.594. The Morgan fingerprint density at radius 1 is 1.31 bits per heavy atom. The largest absolute Gasteiger partial charge is 0.454 e. The van der Waals surface area contributed by atoms with Gasteiger partial charge in [-0.1, -0.05) is 23.2 Å². The van der Waals surface area contributed by atoms with Crippen molar-refractivity contribution in [2.45, 2.75) is 18.9 Å². The minimum atomic E-state index is -0.724. The smallest absolute Gasteiger partial charge is 0.329 e. The van der Waals surface area contributed by atoms with Gasteiger partial charge in [-0.15, -0.1) is 0 Å². The van der Waals surface area contributed by atoms with E-state index in [9.17, 15) is 19.2 Å². The zero-order valence-electron chi connectivity index (χ0n) is 13.9. The summed E-state index contributed by atoms with van der Waals surface area (Å²) in [6, 6.07) is 3.88. The van der Waals surface area contributed by atoms with Crippen molar-refractivity contribution >= 4 is 52.6 Å². The van der Waals surface area contributed by atoms with Gasteiger partial charge in [0, 0.05) is 19.2 Å². The van der Waals surface area contributed by atoms with E-state index in [-0.39, 0.29) is 18.9 Å². The molecule has 0 radical (unpaired) electrons. The molecule has 0 bridgehead atoms. The molecule has 1 saturated heterocycles. The average Bonchev–Trinajstić information content (AvgIpc) is 3.02. The fourth-order valence-electron chi connectivity index (χ4n) is 2.21. The molecule has 0 saturated carbocycles. The molecule has 1 aromatic rings. The standard InChI is InChI=1S/C16H17Cl2N3O5/c1-21(7-14(23)19-9-2-3-10(17)11(18)6-9)15(24)8-26-16(25)12-4-5-13(22)20-12/h2-3,6,12H,4-5,7-8H2,1H3,(H,19,23)(H,20,22)/t12-/m0/s1. The lowest BCUT2D eigenvalue weighted by Crippen LogP contribution is -2.40. The van der Waals surface area contributed by atoms with E-state index in [1.807, 2.05) is 0 Å². The number of hydrogen-bond donors (Lipinski definition) is 2. The first-order valence-corrected chi connectivity index (χ1v) is 8.46. The number of carbonyl (C=O) groups excluding carboxylic acids is 4. The van der Waals surface area contributed by atoms with Gasteiger partial charge in [-0.3, -0.25) is 14.4 Å². The van der Waals surface area contributed by atoms with Gasteiger partial charge in [0.15, 0.2) is 6.61 Å². The number of carbonyl (C=O) groups is 4. The minimum absolute atomic E-state index is 0.227. The number of likely N-dealkylation sites (N-methyl/N-ethyl adjacent to an activating group) is 1. The van der Waals surface area contributed by atoms with Crippen molar-refractivity contribution in [2.75, 3.05) is 25.5 Å². The van der Waals surface area contributed by atoms with E-state index >= 15 is 0 Å². The molecule has 1 fully saturated rings. The number of nitrogens with zero attached hydrogens (tertiary/aromatic N) is 1. The predicted octanol–water partition coefficient (Wildman–Crippen LogP) is 1.21. The number of rotatable bonds is 6. The summed E-state index contributed by atoms with van der Waals surface area (Å²) in [5, 5.41) is 5.68. The van der Waals surface area contributed by atoms with E-state index in [1.165, 1.54) is 19.2 Å². The van der Waals surface area contributed by atoms with Crippen molar-refractivity contribution < 1.29 is 23.9 Å². The predicted molar refractivity (Wildman–Crippen MR) is 94.9 cm³/mol. The minimum Gasteiger partial charge on any atom is -0.454 e. The molecule has 8 nitrogen and oxygen atoms in total. The van der Waals surface area contributed by atoms with Gasteiger partial charge in [0.2, 0.25) is 11.8 Å². The zero-order chi connectivity index (χ0) is 19.3. The molecule has 0 spiro atoms. The van der Waals surface area contributed by atoms with Gasteiger partial charge in [0.25, 0.3) is 5.91 Å². The van der Waals surface area contributed by atoms with E-state index < -0.39 is 30.4 Å². The summed E-state index contributed by atoms with van der Waals surface area (Å²) in [6.45, 7) is -0.751. The lowest BCUT2D eigenvalue weighted by Gasteiger charge is -2.17. The highest BCUT2D eigenvalue weighted by molar-refractivity contribution is 6.42. The van der Waals surface area contributed by atoms with Gasteiger partial charge in [-0.25, -0.2) is 4.79 Å². The summed E-state index contributed by atoms with van der Waals surface area (Å²) >= 11 is 11.7. The molecule has 1 atom stereocenters. The van der Waals surface area contributed by atoms with Crippen molar-refractivity contribution in [3.8, 4) is 0 Å². The Morgan fingerprint density at radius 2 is 2.04 bits per heavy atom. The Labute approximate surface area is 159 Å². The highest BCUT2D eigenvalue weighted by Crippen LogP contribution is 2.24. The monoisotopic (exact) mass is 401 g/mol. The van der Waals surface area contributed by atoms with Gasteiger partial charge in [-0.2, -0.15) is 0 Å². The Balaban J connectivity index is 1.76. The fraction of sp³-hybridized carbons (Fsp3) is 0.375. The van der Waals surface area contributed by atoms with Crippen molar-refractivity contribution in [3.05, 3.63) is 28.2 Å². The summed E-state index contributed by atoms with van der Waals surface area (Å²) in [7, 11) is 1.40. The summed E-state index contributed by atoms with van der Waals surface area (Å²) < 4.78 is 4.88. The van der Waals surface area contributed by atoms with Gasteiger partial charge >= 0.3 is 5.97 Å². The van der Waals surface area contributed by atoms with Crippen LogP contribution in [0.5, 0.6) is 0 Å². The third-order valence-corrected chi connectivity index (χ3v) is 4.37. The van der Waals surface area contributed by atoms with Crippen LogP contribution in [0.25, 0.3) is 0 Å². The number of ether oxygens (including phenoxy) is 1. The van der Waals surface area contributed by atoms with Gasteiger partial charge in [0.05, 0.1) is 16.6 Å². The Kier molecular flexibility index (Phi) is 6.82. The van der Waals surface area contributed by atoms with Gasteiger partial charge in [0.1, 0.15) is 6.04 Å². The number of esters is 1. The Hall–Kier alpha value is -2.32. The van der Waals surface area contributed by atoms with Crippen molar-refractivity contribution in [2.24, 2.45) is 0 Å². The SMILES string of the molecule is CN(CC(=O)Nc1ccc(Cl)c(Cl)c1)C(=O)COC(=O)[C@@H]1CCC(=O)N1. The van der Waals surface area contributed by atoms with Crippen LogP contribution in [-0.2, 0) is 23.9 Å². The molecular weight excluding hydrogens is 385 g/mol. The van der Waals surface area contributed by atoms with Crippen LogP contribution in [0.3, 0.4) is 0 Å². The van der Waals surface area contributed by atoms with Crippen molar-refractivity contribution in [1.29, 1.82) is 0 Å². The van der Waals surface area contributed by atoms with Crippen LogP contribution in [-0.4, -0.2) is 54.8 Å². The molecule has 2 rings (SSSR count). The van der Waals surface area contributed by atoms with E-state index in [1.54, 1.807) is 6.07 Å². The molecular formula is C16H17Cl2N3O5. The number of nitrogens with one attached hydrogen (secondary N) is 2. The highest BCUT2D eigenvalue weighted by atomic mass is 35.5. The summed E-state index contributed by atoms with van der Waals surface area (Å²) in [5.41, 5.74) is 0.439. The zero-order valence-corrected chi connectivity index (χ0v) is 15.4. The third-order valence-electron chi connectivity index (χ3n) is 3.63. The van der Waals surface area contributed by atoms with Crippen LogP contribution in [0.1, 0.15) is 12.8 Å². The molecule has 1 heterocycles. The number of hydrogen-bond acceptors (Lipinski definition) is 5. The molecule has 26 heavy (non-hydrogen) atoms. The molecule has 1 aliphatic rings. The quantitative estimate of drug-likeness (QED) is 0.697. The summed E-state index contributed by atoms with van der Waals surface area (Å²) in [5.74, 6) is -1.90. The van der Waals surface area contributed by atoms with Crippen LogP contribution in [0.15, 0.2) is 18.2 Å². The maximum Gasteiger partial charge on any atom is 0.329 e. The van der Waals surface area contributed by atoms with Gasteiger partial charge in [-0.05, 0) is 24.6 Å². The van der Waals surface area contributed by atoms with E-state index in [0.717, 1.165) is 4.90 Å². The molecule has 1 aliphatic heterocycles. The number of anilines is 1. The Bertz CT molecular complexity index is 741. The highest BCUT2D eigenvalue weighted by Gasteiger charge is 2.29. The van der Waals surface area contributed by atoms with Crippen LogP contribution in [0.4, 0.5) is 5.69 Å². The molecule has 10 heteroatoms. The number of amides is 3. The molecule has 0 aliphatic carbocycles. The first-order chi connectivity index (χ1) is 12.3. The van der Waals surface area contributed by atoms with Gasteiger partial charge < -0.3 is 20.3 Å². The maximum absolute atomic E-state index is 12.0. The topological polar surface area (TPSA) is 105 Å². The van der Waals surface area contributed by atoms with Crippen LogP contribution < -0.4 is 10.6 Å². The molecule has 1 aromatic carbocycles. The van der Waals surface area contributed by atoms with E-state index in [4.69, 9.17) is 27.9 Å². The van der Waals surface area contributed by atoms with E-state index in [0.29, 0.717) is 22.2 Å². The Morgan fingerprint density at radius 3 is 2.65 bits per heavy atom. The van der Waals surface area contributed by atoms with E-state index in [2.05, 4.69) is 10.6 Å². The summed E-state index contributed by atoms with van der Waals surface area (Å²) in [4.78, 5) is 47.8. The lowest BCUT2D eigenvalue weighted by molar-refractivity contribution is -0.153. The number of halogens is 2.